The van der Waals surface area contributed by atoms with Gasteiger partial charge in [0.05, 0.1) is 10.9 Å². The lowest BCUT2D eigenvalue weighted by Crippen LogP contribution is -2.28. The monoisotopic (exact) mass is 408 g/mol. The van der Waals surface area contributed by atoms with Crippen LogP contribution in [0.15, 0.2) is 83.8 Å². The lowest BCUT2D eigenvalue weighted by molar-refractivity contribution is 0.0939. The summed E-state index contributed by atoms with van der Waals surface area (Å²) in [5.41, 5.74) is 2.72. The first-order chi connectivity index (χ1) is 13.9. The molecule has 5 nitrogen and oxygen atoms in total. The van der Waals surface area contributed by atoms with Gasteiger partial charge in [-0.1, -0.05) is 66.7 Å². The Balaban J connectivity index is 1.77. The number of benzene rings is 3. The van der Waals surface area contributed by atoms with E-state index in [2.05, 4.69) is 10.0 Å². The minimum Gasteiger partial charge on any atom is -0.346 e. The molecule has 3 rings (SSSR count). The van der Waals surface area contributed by atoms with Crippen LogP contribution in [0.25, 0.3) is 0 Å². The van der Waals surface area contributed by atoms with Gasteiger partial charge in [0.15, 0.2) is 0 Å². The van der Waals surface area contributed by atoms with Gasteiger partial charge in [0, 0.05) is 12.1 Å². The Kier molecular flexibility index (Phi) is 6.46. The molecule has 6 heteroatoms. The molecule has 0 saturated carbocycles. The summed E-state index contributed by atoms with van der Waals surface area (Å²) >= 11 is 0. The van der Waals surface area contributed by atoms with Gasteiger partial charge in [0.25, 0.3) is 5.91 Å². The van der Waals surface area contributed by atoms with Crippen LogP contribution in [-0.4, -0.2) is 14.3 Å². The molecule has 0 saturated heterocycles. The maximum Gasteiger partial charge on any atom is 0.251 e. The van der Waals surface area contributed by atoms with Crippen LogP contribution in [0.1, 0.15) is 40.0 Å². The zero-order valence-electron chi connectivity index (χ0n) is 16.4. The fraction of sp³-hybridized carbons (Fsp3) is 0.174. The highest BCUT2D eigenvalue weighted by molar-refractivity contribution is 7.89. The Labute approximate surface area is 171 Å². The largest absolute Gasteiger partial charge is 0.346 e. The highest BCUT2D eigenvalue weighted by atomic mass is 32.2. The quantitative estimate of drug-likeness (QED) is 0.621. The van der Waals surface area contributed by atoms with Crippen molar-refractivity contribution in [2.24, 2.45) is 0 Å². The normalized spacial score (nSPS) is 12.3. The minimum absolute atomic E-state index is 0.105. The summed E-state index contributed by atoms with van der Waals surface area (Å²) < 4.78 is 28.2. The molecule has 0 unspecified atom stereocenters. The van der Waals surface area contributed by atoms with Gasteiger partial charge in [0.2, 0.25) is 10.0 Å². The maximum atomic E-state index is 12.8. The molecular weight excluding hydrogens is 384 g/mol. The summed E-state index contributed by atoms with van der Waals surface area (Å²) in [5, 5.41) is 2.91. The lowest BCUT2D eigenvalue weighted by atomic mass is 10.1. The molecule has 0 bridgehead atoms. The Morgan fingerprint density at radius 3 is 2.21 bits per heavy atom. The van der Waals surface area contributed by atoms with Gasteiger partial charge in [-0.15, -0.1) is 0 Å². The maximum absolute atomic E-state index is 12.8. The van der Waals surface area contributed by atoms with Crippen molar-refractivity contribution in [3.05, 3.63) is 101 Å². The van der Waals surface area contributed by atoms with Crippen molar-refractivity contribution in [3.8, 4) is 0 Å². The summed E-state index contributed by atoms with van der Waals surface area (Å²) in [5.74, 6) is -0.319. The molecule has 1 amide bonds. The van der Waals surface area contributed by atoms with E-state index in [4.69, 9.17) is 0 Å². The second kappa shape index (κ2) is 9.03. The smallest absolute Gasteiger partial charge is 0.251 e. The van der Waals surface area contributed by atoms with E-state index in [1.165, 1.54) is 6.07 Å². The van der Waals surface area contributed by atoms with E-state index in [1.54, 1.807) is 19.1 Å². The van der Waals surface area contributed by atoms with E-state index in [0.717, 1.165) is 11.1 Å². The van der Waals surface area contributed by atoms with Crippen molar-refractivity contribution in [1.82, 2.24) is 10.0 Å². The number of amides is 1. The first kappa shape index (κ1) is 20.8. The first-order valence-corrected chi connectivity index (χ1v) is 10.9. The third-order valence-corrected chi connectivity index (χ3v) is 6.24. The molecule has 0 aromatic heterocycles. The Hall–Kier alpha value is -2.96. The SMILES string of the molecule is Cc1ccc(C(=O)N[C@H](C)c2ccccc2)cc1S(=O)(=O)NCc1ccccc1. The summed E-state index contributed by atoms with van der Waals surface area (Å²) in [6.45, 7) is 3.79. The van der Waals surface area contributed by atoms with E-state index >= 15 is 0 Å². The second-order valence-corrected chi connectivity index (χ2v) is 8.63. The number of carbonyl (C=O) groups excluding carboxylic acids is 1. The summed E-state index contributed by atoms with van der Waals surface area (Å²) in [6.07, 6.45) is 0. The lowest BCUT2D eigenvalue weighted by Gasteiger charge is -2.15. The van der Waals surface area contributed by atoms with Gasteiger partial charge < -0.3 is 5.32 Å². The molecule has 0 aliphatic carbocycles. The topological polar surface area (TPSA) is 75.3 Å². The fourth-order valence-corrected chi connectivity index (χ4v) is 4.27. The predicted molar refractivity (Wildman–Crippen MR) is 114 cm³/mol. The number of aryl methyl sites for hydroxylation is 1. The van der Waals surface area contributed by atoms with Crippen molar-refractivity contribution < 1.29 is 13.2 Å². The van der Waals surface area contributed by atoms with E-state index in [0.29, 0.717) is 11.1 Å². The van der Waals surface area contributed by atoms with E-state index < -0.39 is 10.0 Å². The molecule has 0 heterocycles. The summed E-state index contributed by atoms with van der Waals surface area (Å²) in [7, 11) is -3.76. The van der Waals surface area contributed by atoms with Crippen molar-refractivity contribution in [3.63, 3.8) is 0 Å². The average molecular weight is 409 g/mol. The Morgan fingerprint density at radius 1 is 0.931 bits per heavy atom. The molecule has 0 aliphatic rings. The fourth-order valence-electron chi connectivity index (χ4n) is 2.99. The minimum atomic E-state index is -3.76. The number of hydrogen-bond acceptors (Lipinski definition) is 3. The average Bonchev–Trinajstić information content (AvgIpc) is 2.74. The van der Waals surface area contributed by atoms with E-state index in [1.807, 2.05) is 67.6 Å². The molecule has 0 aliphatic heterocycles. The molecule has 150 valence electrons. The molecular formula is C23H24N2O3S. The highest BCUT2D eigenvalue weighted by Gasteiger charge is 2.20. The van der Waals surface area contributed by atoms with Crippen LogP contribution < -0.4 is 10.0 Å². The zero-order valence-corrected chi connectivity index (χ0v) is 17.2. The standard InChI is InChI=1S/C23H24N2O3S/c1-17-13-14-21(23(26)25-18(2)20-11-7-4-8-12-20)15-22(17)29(27,28)24-16-19-9-5-3-6-10-19/h3-15,18,24H,16H2,1-2H3,(H,25,26)/t18-/m1/s1. The van der Waals surface area contributed by atoms with Crippen molar-refractivity contribution in [1.29, 1.82) is 0 Å². The summed E-state index contributed by atoms with van der Waals surface area (Å²) in [6, 6.07) is 23.4. The van der Waals surface area contributed by atoms with Crippen LogP contribution in [-0.2, 0) is 16.6 Å². The molecule has 3 aromatic carbocycles. The van der Waals surface area contributed by atoms with Gasteiger partial charge in [-0.25, -0.2) is 13.1 Å². The van der Waals surface area contributed by atoms with Crippen LogP contribution in [0.3, 0.4) is 0 Å². The Bertz CT molecular complexity index is 1080. The van der Waals surface area contributed by atoms with Gasteiger partial charge in [-0.05, 0) is 42.7 Å². The van der Waals surface area contributed by atoms with Gasteiger partial charge >= 0.3 is 0 Å². The van der Waals surface area contributed by atoms with Crippen molar-refractivity contribution in [2.75, 3.05) is 0 Å². The van der Waals surface area contributed by atoms with Crippen LogP contribution >= 0.6 is 0 Å². The van der Waals surface area contributed by atoms with E-state index in [-0.39, 0.29) is 23.4 Å². The van der Waals surface area contributed by atoms with Crippen LogP contribution in [0.5, 0.6) is 0 Å². The molecule has 0 radical (unpaired) electrons. The molecule has 3 aromatic rings. The molecule has 29 heavy (non-hydrogen) atoms. The van der Waals surface area contributed by atoms with Gasteiger partial charge in [0.1, 0.15) is 0 Å². The first-order valence-electron chi connectivity index (χ1n) is 9.37. The number of rotatable bonds is 7. The predicted octanol–water partition coefficient (Wildman–Crippen LogP) is 3.96. The van der Waals surface area contributed by atoms with Crippen molar-refractivity contribution in [2.45, 2.75) is 31.3 Å². The molecule has 1 atom stereocenters. The molecule has 0 spiro atoms. The summed E-state index contributed by atoms with van der Waals surface area (Å²) in [4.78, 5) is 12.8. The third-order valence-electron chi connectivity index (χ3n) is 4.70. The van der Waals surface area contributed by atoms with Crippen LogP contribution in [0.4, 0.5) is 0 Å². The highest BCUT2D eigenvalue weighted by Crippen LogP contribution is 2.19. The van der Waals surface area contributed by atoms with Crippen LogP contribution in [0.2, 0.25) is 0 Å². The number of sulfonamides is 1. The molecule has 0 fully saturated rings. The molecule has 2 N–H and O–H groups in total. The van der Waals surface area contributed by atoms with Gasteiger partial charge in [-0.3, -0.25) is 4.79 Å². The number of hydrogen-bond donors (Lipinski definition) is 2. The third kappa shape index (κ3) is 5.31. The van der Waals surface area contributed by atoms with Gasteiger partial charge in [-0.2, -0.15) is 0 Å². The second-order valence-electron chi connectivity index (χ2n) is 6.90. The zero-order chi connectivity index (χ0) is 20.9. The number of nitrogens with one attached hydrogen (secondary N) is 2. The van der Waals surface area contributed by atoms with Crippen molar-refractivity contribution >= 4 is 15.9 Å². The Morgan fingerprint density at radius 2 is 1.55 bits per heavy atom. The number of carbonyl (C=O) groups is 1. The van der Waals surface area contributed by atoms with E-state index in [9.17, 15) is 13.2 Å². The van der Waals surface area contributed by atoms with Crippen LogP contribution in [0, 0.1) is 6.92 Å².